The van der Waals surface area contributed by atoms with E-state index in [1.165, 1.54) is 12.1 Å². The van der Waals surface area contributed by atoms with Gasteiger partial charge in [-0.1, -0.05) is 43.2 Å². The number of hydrogen-bond acceptors (Lipinski definition) is 2. The van der Waals surface area contributed by atoms with Crippen LogP contribution in [0.5, 0.6) is 0 Å². The molecule has 4 atom stereocenters. The second-order valence-electron chi connectivity index (χ2n) is 8.91. The molecule has 2 amide bonds. The number of carbonyl (C=O) groups is 2. The molecule has 7 heteroatoms. The minimum Gasteiger partial charge on any atom is -0.341 e. The van der Waals surface area contributed by atoms with E-state index in [1.807, 2.05) is 0 Å². The van der Waals surface area contributed by atoms with Gasteiger partial charge in [-0.3, -0.25) is 9.59 Å². The molecule has 1 aromatic rings. The topological polar surface area (TPSA) is 40.6 Å². The van der Waals surface area contributed by atoms with Crippen molar-refractivity contribution < 1.29 is 22.8 Å². The molecule has 1 saturated carbocycles. The minimum absolute atomic E-state index is 0.0708. The van der Waals surface area contributed by atoms with Gasteiger partial charge in [0, 0.05) is 25.6 Å². The van der Waals surface area contributed by atoms with Crippen molar-refractivity contribution >= 4 is 11.8 Å². The summed E-state index contributed by atoms with van der Waals surface area (Å²) in [5.74, 6) is -2.23. The maximum absolute atomic E-state index is 13.8. The van der Waals surface area contributed by atoms with Gasteiger partial charge < -0.3 is 9.80 Å². The first-order valence-corrected chi connectivity index (χ1v) is 11.1. The van der Waals surface area contributed by atoms with Crippen molar-refractivity contribution in [3.8, 4) is 0 Å². The van der Waals surface area contributed by atoms with E-state index in [0.29, 0.717) is 19.5 Å². The maximum atomic E-state index is 13.8. The number of nitrogens with zero attached hydrogens (tertiary/aromatic N) is 2. The number of benzene rings is 1. The van der Waals surface area contributed by atoms with Crippen LogP contribution >= 0.6 is 0 Å². The first-order chi connectivity index (χ1) is 14.4. The largest absolute Gasteiger partial charge is 0.396 e. The number of carbonyl (C=O) groups excluding carboxylic acids is 2. The number of hydrogen-bond donors (Lipinski definition) is 0. The molecule has 164 valence electrons. The lowest BCUT2D eigenvalue weighted by Crippen LogP contribution is -2.50. The molecule has 4 nitrogen and oxygen atoms in total. The third-order valence-electron chi connectivity index (χ3n) is 7.05. The van der Waals surface area contributed by atoms with E-state index < -0.39 is 30.5 Å². The van der Waals surface area contributed by atoms with Crippen molar-refractivity contribution in [2.24, 2.45) is 5.92 Å². The Morgan fingerprint density at radius 3 is 2.33 bits per heavy atom. The van der Waals surface area contributed by atoms with Crippen molar-refractivity contribution in [1.29, 1.82) is 0 Å². The minimum atomic E-state index is -4.52. The van der Waals surface area contributed by atoms with Crippen LogP contribution < -0.4 is 0 Å². The van der Waals surface area contributed by atoms with Crippen molar-refractivity contribution in [2.75, 3.05) is 13.1 Å². The fourth-order valence-electron chi connectivity index (χ4n) is 5.58. The zero-order chi connectivity index (χ0) is 21.3. The molecule has 0 radical (unpaired) electrons. The average Bonchev–Trinajstić information content (AvgIpc) is 3.39. The Balaban J connectivity index is 1.59. The summed E-state index contributed by atoms with van der Waals surface area (Å²) in [5, 5.41) is 0. The highest BCUT2D eigenvalue weighted by molar-refractivity contribution is 5.89. The smallest absolute Gasteiger partial charge is 0.341 e. The third kappa shape index (κ3) is 4.21. The second kappa shape index (κ2) is 8.60. The molecule has 3 fully saturated rings. The summed E-state index contributed by atoms with van der Waals surface area (Å²) in [7, 11) is 0. The van der Waals surface area contributed by atoms with Gasteiger partial charge in [0.05, 0.1) is 5.92 Å². The SMILES string of the molecule is O=C([C@@H]1C[C@@H]2CCCC[C@@H]2N1C(=O)CC(c1ccccc1)C(F)(F)F)N1CCCC1. The van der Waals surface area contributed by atoms with Crippen LogP contribution in [0, 0.1) is 5.92 Å². The van der Waals surface area contributed by atoms with E-state index in [1.54, 1.807) is 28.0 Å². The third-order valence-corrected chi connectivity index (χ3v) is 7.05. The van der Waals surface area contributed by atoms with Crippen LogP contribution in [0.3, 0.4) is 0 Å². The van der Waals surface area contributed by atoms with Gasteiger partial charge >= 0.3 is 6.18 Å². The standard InChI is InChI=1S/C23H29F3N2O2/c24-23(25,26)18(16-8-2-1-3-9-16)15-21(29)28-19-11-5-4-10-17(19)14-20(28)22(30)27-12-6-7-13-27/h1-3,8-9,17-20H,4-7,10-15H2/t17-,18?,19-,20-/m0/s1. The molecule has 4 rings (SSSR count). The predicted molar refractivity (Wildman–Crippen MR) is 107 cm³/mol. The highest BCUT2D eigenvalue weighted by Gasteiger charge is 2.50. The van der Waals surface area contributed by atoms with Gasteiger partial charge in [-0.05, 0) is 43.6 Å². The molecule has 2 heterocycles. The molecule has 3 aliphatic rings. The Labute approximate surface area is 175 Å². The van der Waals surface area contributed by atoms with Crippen molar-refractivity contribution in [3.05, 3.63) is 35.9 Å². The number of halogens is 3. The van der Waals surface area contributed by atoms with Gasteiger partial charge in [-0.25, -0.2) is 0 Å². The second-order valence-corrected chi connectivity index (χ2v) is 8.91. The molecule has 1 aliphatic carbocycles. The number of likely N-dealkylation sites (tertiary alicyclic amines) is 2. The number of fused-ring (bicyclic) bond motifs is 1. The first-order valence-electron chi connectivity index (χ1n) is 11.1. The lowest BCUT2D eigenvalue weighted by atomic mass is 9.84. The highest BCUT2D eigenvalue weighted by Crippen LogP contribution is 2.43. The zero-order valence-electron chi connectivity index (χ0n) is 17.1. The highest BCUT2D eigenvalue weighted by atomic mass is 19.4. The van der Waals surface area contributed by atoms with Gasteiger partial charge in [-0.2, -0.15) is 13.2 Å². The van der Waals surface area contributed by atoms with Crippen LogP contribution in [0.25, 0.3) is 0 Å². The number of alkyl halides is 3. The van der Waals surface area contributed by atoms with Crippen LogP contribution in [0.4, 0.5) is 13.2 Å². The van der Waals surface area contributed by atoms with Crippen LogP contribution in [0.15, 0.2) is 30.3 Å². The van der Waals surface area contributed by atoms with Crippen LogP contribution in [0.1, 0.15) is 62.8 Å². The predicted octanol–water partition coefficient (Wildman–Crippen LogP) is 4.50. The zero-order valence-corrected chi connectivity index (χ0v) is 17.1. The van der Waals surface area contributed by atoms with E-state index >= 15 is 0 Å². The summed E-state index contributed by atoms with van der Waals surface area (Å²) in [5.41, 5.74) is 0.0974. The molecular formula is C23H29F3N2O2. The van der Waals surface area contributed by atoms with E-state index in [0.717, 1.165) is 38.5 Å². The first kappa shape index (κ1) is 21.2. The molecule has 2 saturated heterocycles. The van der Waals surface area contributed by atoms with Gasteiger partial charge in [-0.15, -0.1) is 0 Å². The fourth-order valence-corrected chi connectivity index (χ4v) is 5.58. The monoisotopic (exact) mass is 422 g/mol. The molecule has 2 aliphatic heterocycles. The summed E-state index contributed by atoms with van der Waals surface area (Å²) in [4.78, 5) is 29.8. The fraction of sp³-hybridized carbons (Fsp3) is 0.652. The Morgan fingerprint density at radius 2 is 1.67 bits per heavy atom. The van der Waals surface area contributed by atoms with E-state index in [4.69, 9.17) is 0 Å². The summed E-state index contributed by atoms with van der Waals surface area (Å²) in [6.07, 6.45) is 1.07. The Morgan fingerprint density at radius 1 is 1.00 bits per heavy atom. The maximum Gasteiger partial charge on any atom is 0.396 e. The molecule has 0 spiro atoms. The lowest BCUT2D eigenvalue weighted by molar-refractivity contribution is -0.163. The van der Waals surface area contributed by atoms with Gasteiger partial charge in [0.25, 0.3) is 0 Å². The Hall–Kier alpha value is -2.05. The normalized spacial score (nSPS) is 27.8. The summed E-state index contributed by atoms with van der Waals surface area (Å²) >= 11 is 0. The van der Waals surface area contributed by atoms with Crippen molar-refractivity contribution in [2.45, 2.75) is 75.5 Å². The molecule has 0 bridgehead atoms. The Bertz CT molecular complexity index is 761. The molecule has 30 heavy (non-hydrogen) atoms. The van der Waals surface area contributed by atoms with Crippen LogP contribution in [-0.4, -0.2) is 53.0 Å². The molecular weight excluding hydrogens is 393 g/mol. The number of rotatable bonds is 4. The summed E-state index contributed by atoms with van der Waals surface area (Å²) in [6.45, 7) is 1.36. The van der Waals surface area contributed by atoms with E-state index in [2.05, 4.69) is 0 Å². The summed E-state index contributed by atoms with van der Waals surface area (Å²) in [6, 6.07) is 6.92. The average molecular weight is 422 g/mol. The molecule has 0 aromatic heterocycles. The molecule has 1 unspecified atom stereocenters. The van der Waals surface area contributed by atoms with E-state index in [-0.39, 0.29) is 23.4 Å². The summed E-state index contributed by atoms with van der Waals surface area (Å²) < 4.78 is 41.5. The van der Waals surface area contributed by atoms with Crippen molar-refractivity contribution in [3.63, 3.8) is 0 Å². The van der Waals surface area contributed by atoms with Gasteiger partial charge in [0.1, 0.15) is 6.04 Å². The lowest BCUT2D eigenvalue weighted by Gasteiger charge is -2.35. The Kier molecular flexibility index (Phi) is 6.07. The van der Waals surface area contributed by atoms with Gasteiger partial charge in [0.15, 0.2) is 0 Å². The number of amides is 2. The van der Waals surface area contributed by atoms with Crippen LogP contribution in [0.2, 0.25) is 0 Å². The molecule has 0 N–H and O–H groups in total. The van der Waals surface area contributed by atoms with E-state index in [9.17, 15) is 22.8 Å². The van der Waals surface area contributed by atoms with Crippen molar-refractivity contribution in [1.82, 2.24) is 9.80 Å². The van der Waals surface area contributed by atoms with Gasteiger partial charge in [0.2, 0.25) is 11.8 Å². The molecule has 1 aromatic carbocycles. The quantitative estimate of drug-likeness (QED) is 0.717. The van der Waals surface area contributed by atoms with Crippen LogP contribution in [-0.2, 0) is 9.59 Å².